The summed E-state index contributed by atoms with van der Waals surface area (Å²) in [6, 6.07) is 4.71. The summed E-state index contributed by atoms with van der Waals surface area (Å²) in [5.41, 5.74) is 0. The van der Waals surface area contributed by atoms with Crippen molar-refractivity contribution in [3.63, 3.8) is 0 Å². The number of hydrogen-bond acceptors (Lipinski definition) is 3. The fourth-order valence-corrected chi connectivity index (χ4v) is 3.92. The van der Waals surface area contributed by atoms with Gasteiger partial charge < -0.3 is 15.5 Å². The number of urea groups is 1. The number of thiophene rings is 1. The Morgan fingerprint density at radius 3 is 3.00 bits per heavy atom. The van der Waals surface area contributed by atoms with Gasteiger partial charge in [0.1, 0.15) is 0 Å². The Balaban J connectivity index is 1.72. The zero-order valence-electron chi connectivity index (χ0n) is 9.28. The van der Waals surface area contributed by atoms with Crippen molar-refractivity contribution in [2.24, 2.45) is 0 Å². The first-order chi connectivity index (χ1) is 8.24. The van der Waals surface area contributed by atoms with Crippen LogP contribution in [0.2, 0.25) is 0 Å². The van der Waals surface area contributed by atoms with Crippen molar-refractivity contribution in [3.8, 4) is 0 Å². The second-order valence-electron chi connectivity index (χ2n) is 4.44. The second-order valence-corrected chi connectivity index (χ2v) is 6.94. The van der Waals surface area contributed by atoms with Crippen LogP contribution in [0.15, 0.2) is 15.9 Å². The van der Waals surface area contributed by atoms with Gasteiger partial charge in [0, 0.05) is 24.0 Å². The topological polar surface area (TPSA) is 44.4 Å². The van der Waals surface area contributed by atoms with Crippen LogP contribution in [0.3, 0.4) is 0 Å². The van der Waals surface area contributed by atoms with Crippen molar-refractivity contribution in [3.05, 3.63) is 20.8 Å². The number of rotatable bonds is 2. The van der Waals surface area contributed by atoms with Crippen molar-refractivity contribution in [1.82, 2.24) is 15.5 Å². The zero-order valence-corrected chi connectivity index (χ0v) is 11.7. The Hall–Kier alpha value is -0.590. The molecule has 1 aromatic rings. The smallest absolute Gasteiger partial charge is 0.318 e. The van der Waals surface area contributed by atoms with Crippen LogP contribution in [-0.2, 0) is 0 Å². The van der Waals surface area contributed by atoms with E-state index in [-0.39, 0.29) is 12.1 Å². The van der Waals surface area contributed by atoms with Crippen LogP contribution in [0, 0.1) is 0 Å². The molecule has 2 fully saturated rings. The summed E-state index contributed by atoms with van der Waals surface area (Å²) in [7, 11) is 0. The lowest BCUT2D eigenvalue weighted by atomic mass is 10.2. The molecule has 17 heavy (non-hydrogen) atoms. The molecule has 3 heterocycles. The number of hydrogen-bond donors (Lipinski definition) is 2. The predicted octanol–water partition coefficient (Wildman–Crippen LogP) is 1.94. The van der Waals surface area contributed by atoms with Crippen LogP contribution >= 0.6 is 27.3 Å². The number of carbonyl (C=O) groups is 1. The third kappa shape index (κ3) is 2.21. The molecule has 3 rings (SSSR count). The molecular weight excluding hydrogens is 302 g/mol. The zero-order chi connectivity index (χ0) is 11.8. The van der Waals surface area contributed by atoms with Gasteiger partial charge in [-0.2, -0.15) is 0 Å². The van der Waals surface area contributed by atoms with E-state index in [1.807, 2.05) is 11.0 Å². The Kier molecular flexibility index (Phi) is 3.10. The molecule has 2 aliphatic heterocycles. The van der Waals surface area contributed by atoms with Gasteiger partial charge in [-0.1, -0.05) is 0 Å². The lowest BCUT2D eigenvalue weighted by Crippen LogP contribution is -2.39. The van der Waals surface area contributed by atoms with E-state index in [2.05, 4.69) is 32.6 Å². The summed E-state index contributed by atoms with van der Waals surface area (Å²) < 4.78 is 1.11. The van der Waals surface area contributed by atoms with Gasteiger partial charge in [0.05, 0.1) is 9.83 Å². The maximum absolute atomic E-state index is 11.9. The van der Waals surface area contributed by atoms with E-state index < -0.39 is 0 Å². The maximum Gasteiger partial charge on any atom is 0.318 e. The predicted molar refractivity (Wildman–Crippen MR) is 71.3 cm³/mol. The molecule has 0 spiro atoms. The van der Waals surface area contributed by atoms with E-state index in [0.29, 0.717) is 6.04 Å². The van der Waals surface area contributed by atoms with Crippen molar-refractivity contribution in [2.75, 3.05) is 19.6 Å². The summed E-state index contributed by atoms with van der Waals surface area (Å²) in [6.07, 6.45) is 1.06. The highest BCUT2D eigenvalue weighted by atomic mass is 79.9. The minimum atomic E-state index is 0.0771. The molecular formula is C11H14BrN3OS. The lowest BCUT2D eigenvalue weighted by molar-refractivity contribution is 0.201. The first-order valence-corrected chi connectivity index (χ1v) is 7.38. The number of carbonyl (C=O) groups excluding carboxylic acids is 1. The van der Waals surface area contributed by atoms with E-state index in [4.69, 9.17) is 0 Å². The molecule has 2 unspecified atom stereocenters. The summed E-state index contributed by atoms with van der Waals surface area (Å²) in [5.74, 6) is 0. The molecule has 0 saturated carbocycles. The molecule has 2 saturated heterocycles. The first-order valence-electron chi connectivity index (χ1n) is 5.77. The van der Waals surface area contributed by atoms with Gasteiger partial charge in [0.2, 0.25) is 0 Å². The van der Waals surface area contributed by atoms with E-state index >= 15 is 0 Å². The SMILES string of the molecule is O=C1NC(c2ccc(Br)s2)CN1C1CCNC1. The molecule has 6 heteroatoms. The Morgan fingerprint density at radius 1 is 1.47 bits per heavy atom. The third-order valence-electron chi connectivity index (χ3n) is 3.35. The van der Waals surface area contributed by atoms with Crippen LogP contribution in [0.4, 0.5) is 4.79 Å². The van der Waals surface area contributed by atoms with Crippen LogP contribution in [0.25, 0.3) is 0 Å². The quantitative estimate of drug-likeness (QED) is 0.876. The van der Waals surface area contributed by atoms with Gasteiger partial charge in [-0.25, -0.2) is 4.79 Å². The van der Waals surface area contributed by atoms with Crippen molar-refractivity contribution >= 4 is 33.3 Å². The highest BCUT2D eigenvalue weighted by Crippen LogP contribution is 2.31. The summed E-state index contributed by atoms with van der Waals surface area (Å²) in [4.78, 5) is 15.1. The van der Waals surface area contributed by atoms with Crippen molar-refractivity contribution < 1.29 is 4.79 Å². The molecule has 2 N–H and O–H groups in total. The largest absolute Gasteiger partial charge is 0.329 e. The molecule has 2 aliphatic rings. The van der Waals surface area contributed by atoms with Crippen LogP contribution in [0.1, 0.15) is 17.3 Å². The first kappa shape index (κ1) is 11.5. The summed E-state index contributed by atoms with van der Waals surface area (Å²) in [6.45, 7) is 2.73. The molecule has 0 aliphatic carbocycles. The average Bonchev–Trinajstić information content (AvgIpc) is 2.96. The van der Waals surface area contributed by atoms with Crippen molar-refractivity contribution in [2.45, 2.75) is 18.5 Å². The molecule has 0 radical (unpaired) electrons. The minimum Gasteiger partial charge on any atom is -0.329 e. The lowest BCUT2D eigenvalue weighted by Gasteiger charge is -2.21. The van der Waals surface area contributed by atoms with E-state index in [1.165, 1.54) is 4.88 Å². The van der Waals surface area contributed by atoms with Gasteiger partial charge in [-0.15, -0.1) is 11.3 Å². The second kappa shape index (κ2) is 4.59. The van der Waals surface area contributed by atoms with Gasteiger partial charge in [0.15, 0.2) is 0 Å². The highest BCUT2D eigenvalue weighted by molar-refractivity contribution is 9.11. The fourth-order valence-electron chi connectivity index (χ4n) is 2.45. The van der Waals surface area contributed by atoms with Crippen LogP contribution in [-0.4, -0.2) is 36.6 Å². The third-order valence-corrected chi connectivity index (χ3v) is 5.09. The fraction of sp³-hybridized carbons (Fsp3) is 0.545. The van der Waals surface area contributed by atoms with Gasteiger partial charge in [-0.3, -0.25) is 0 Å². The number of nitrogens with one attached hydrogen (secondary N) is 2. The molecule has 2 atom stereocenters. The molecule has 1 aromatic heterocycles. The van der Waals surface area contributed by atoms with E-state index in [1.54, 1.807) is 11.3 Å². The Morgan fingerprint density at radius 2 is 2.35 bits per heavy atom. The van der Waals surface area contributed by atoms with Gasteiger partial charge in [-0.05, 0) is 41.0 Å². The van der Waals surface area contributed by atoms with Crippen LogP contribution in [0.5, 0.6) is 0 Å². The number of amides is 2. The van der Waals surface area contributed by atoms with E-state index in [9.17, 15) is 4.79 Å². The van der Waals surface area contributed by atoms with E-state index in [0.717, 1.165) is 29.8 Å². The van der Waals surface area contributed by atoms with Gasteiger partial charge >= 0.3 is 6.03 Å². The maximum atomic E-state index is 11.9. The minimum absolute atomic E-state index is 0.0771. The number of halogens is 1. The summed E-state index contributed by atoms with van der Waals surface area (Å²) >= 11 is 5.15. The molecule has 4 nitrogen and oxygen atoms in total. The normalized spacial score (nSPS) is 28.8. The highest BCUT2D eigenvalue weighted by Gasteiger charge is 2.36. The van der Waals surface area contributed by atoms with Crippen molar-refractivity contribution in [1.29, 1.82) is 0 Å². The molecule has 0 bridgehead atoms. The molecule has 2 amide bonds. The van der Waals surface area contributed by atoms with Crippen LogP contribution < -0.4 is 10.6 Å². The molecule has 92 valence electrons. The monoisotopic (exact) mass is 315 g/mol. The Bertz CT molecular complexity index is 430. The average molecular weight is 316 g/mol. The standard InChI is InChI=1S/C11H14BrN3OS/c12-10-2-1-9(17-10)8-6-15(11(16)14-8)7-3-4-13-5-7/h1-2,7-8,13H,3-6H2,(H,14,16). The Labute approximate surface area is 113 Å². The summed E-state index contributed by atoms with van der Waals surface area (Å²) in [5, 5.41) is 6.36. The van der Waals surface area contributed by atoms with Gasteiger partial charge in [0.25, 0.3) is 0 Å². The number of nitrogens with zero attached hydrogens (tertiary/aromatic N) is 1. The molecule has 0 aromatic carbocycles.